The summed E-state index contributed by atoms with van der Waals surface area (Å²) in [6.45, 7) is 1.72. The summed E-state index contributed by atoms with van der Waals surface area (Å²) in [5.41, 5.74) is 0.644. The van der Waals surface area contributed by atoms with Gasteiger partial charge in [0.1, 0.15) is 0 Å². The second-order valence-corrected chi connectivity index (χ2v) is 9.08. The lowest BCUT2D eigenvalue weighted by molar-refractivity contribution is -0.136. The van der Waals surface area contributed by atoms with Crippen LogP contribution in [0.2, 0.25) is 0 Å². The van der Waals surface area contributed by atoms with Crippen molar-refractivity contribution in [3.05, 3.63) is 10.6 Å². The summed E-state index contributed by atoms with van der Waals surface area (Å²) in [4.78, 5) is 15.5. The predicted octanol–water partition coefficient (Wildman–Crippen LogP) is 0.329. The summed E-state index contributed by atoms with van der Waals surface area (Å²) in [7, 11) is -3.18. The first-order chi connectivity index (χ1) is 8.77. The minimum Gasteiger partial charge on any atom is -0.481 e. The van der Waals surface area contributed by atoms with Crippen LogP contribution in [-0.2, 0) is 21.1 Å². The smallest absolute Gasteiger partial charge is 0.308 e. The number of rotatable bonds is 4. The zero-order valence-corrected chi connectivity index (χ0v) is 12.5. The molecule has 1 aromatic heterocycles. The molecule has 9 heteroatoms. The van der Waals surface area contributed by atoms with Crippen LogP contribution in [-0.4, -0.2) is 52.4 Å². The molecule has 1 aliphatic heterocycles. The van der Waals surface area contributed by atoms with E-state index in [1.54, 1.807) is 6.92 Å². The zero-order valence-electron chi connectivity index (χ0n) is 10.1. The monoisotopic (exact) mass is 323 g/mol. The van der Waals surface area contributed by atoms with Gasteiger partial charge in [-0.05, 0) is 6.92 Å². The maximum atomic E-state index is 11.4. The van der Waals surface area contributed by atoms with E-state index in [-0.39, 0.29) is 17.9 Å². The van der Waals surface area contributed by atoms with Gasteiger partial charge in [0.2, 0.25) is 0 Å². The van der Waals surface area contributed by atoms with Crippen LogP contribution in [0, 0.1) is 6.92 Å². The van der Waals surface area contributed by atoms with Crippen molar-refractivity contribution in [3.63, 3.8) is 0 Å². The van der Waals surface area contributed by atoms with Crippen molar-refractivity contribution in [2.45, 2.75) is 29.0 Å². The van der Waals surface area contributed by atoms with E-state index in [2.05, 4.69) is 4.98 Å². The SMILES string of the molecule is Cc1nc(SC2CS(=O)(=O)CC2O)sc1CC(=O)O. The van der Waals surface area contributed by atoms with E-state index in [4.69, 9.17) is 5.11 Å². The first-order valence-electron chi connectivity index (χ1n) is 5.50. The summed E-state index contributed by atoms with van der Waals surface area (Å²) < 4.78 is 23.4. The van der Waals surface area contributed by atoms with Crippen molar-refractivity contribution >= 4 is 38.9 Å². The van der Waals surface area contributed by atoms with E-state index in [1.165, 1.54) is 23.1 Å². The number of carboxylic acid groups (broad SMARTS) is 1. The average Bonchev–Trinajstić information content (AvgIpc) is 2.67. The molecule has 0 radical (unpaired) electrons. The standard InChI is InChI=1S/C10H13NO5S3/c1-5-7(2-9(13)14)17-10(11-5)18-8-4-19(15,16)3-6(8)12/h6,8,12H,2-4H2,1H3,(H,13,14). The molecule has 2 unspecified atom stereocenters. The van der Waals surface area contributed by atoms with Crippen LogP contribution in [0.1, 0.15) is 10.6 Å². The number of carbonyl (C=O) groups is 1. The Labute approximate surface area is 118 Å². The van der Waals surface area contributed by atoms with Gasteiger partial charge in [-0.3, -0.25) is 4.79 Å². The second-order valence-electron chi connectivity index (χ2n) is 4.36. The van der Waals surface area contributed by atoms with Gasteiger partial charge in [0.15, 0.2) is 14.2 Å². The lowest BCUT2D eigenvalue weighted by atomic mass is 10.3. The normalized spacial score (nSPS) is 25.6. The molecule has 0 bridgehead atoms. The number of thiazole rings is 1. The van der Waals surface area contributed by atoms with Gasteiger partial charge in [0.05, 0.1) is 35.0 Å². The fourth-order valence-electron chi connectivity index (χ4n) is 1.79. The Hall–Kier alpha value is -0.640. The molecule has 1 saturated heterocycles. The van der Waals surface area contributed by atoms with E-state index in [1.807, 2.05) is 0 Å². The molecule has 1 aromatic rings. The van der Waals surface area contributed by atoms with E-state index in [0.29, 0.717) is 14.9 Å². The highest BCUT2D eigenvalue weighted by molar-refractivity contribution is 8.03. The molecule has 1 aliphatic rings. The van der Waals surface area contributed by atoms with Gasteiger partial charge >= 0.3 is 5.97 Å². The summed E-state index contributed by atoms with van der Waals surface area (Å²) >= 11 is 2.45. The Kier molecular flexibility index (Phi) is 4.19. The molecule has 106 valence electrons. The van der Waals surface area contributed by atoms with E-state index >= 15 is 0 Å². The van der Waals surface area contributed by atoms with Crippen molar-refractivity contribution in [1.82, 2.24) is 4.98 Å². The van der Waals surface area contributed by atoms with Gasteiger partial charge in [-0.2, -0.15) is 0 Å². The van der Waals surface area contributed by atoms with Crippen LogP contribution < -0.4 is 0 Å². The number of thioether (sulfide) groups is 1. The summed E-state index contributed by atoms with van der Waals surface area (Å²) in [6.07, 6.45) is -0.975. The molecule has 1 fully saturated rings. The van der Waals surface area contributed by atoms with E-state index in [9.17, 15) is 18.3 Å². The average molecular weight is 323 g/mol. The maximum absolute atomic E-state index is 11.4. The molecule has 2 heterocycles. The van der Waals surface area contributed by atoms with Crippen LogP contribution in [0.3, 0.4) is 0 Å². The minimum absolute atomic E-state index is 0.0638. The Morgan fingerprint density at radius 3 is 2.74 bits per heavy atom. The highest BCUT2D eigenvalue weighted by Gasteiger charge is 2.37. The first kappa shape index (κ1) is 14.8. The van der Waals surface area contributed by atoms with E-state index < -0.39 is 27.2 Å². The fraction of sp³-hybridized carbons (Fsp3) is 0.600. The number of hydrogen-bond donors (Lipinski definition) is 2. The Bertz CT molecular complexity index is 594. The molecule has 0 amide bonds. The van der Waals surface area contributed by atoms with Crippen molar-refractivity contribution < 1.29 is 23.4 Å². The summed E-state index contributed by atoms with van der Waals surface area (Å²) in [5.74, 6) is -1.20. The van der Waals surface area contributed by atoms with Gasteiger partial charge in [-0.1, -0.05) is 11.8 Å². The highest BCUT2D eigenvalue weighted by Crippen LogP contribution is 2.35. The van der Waals surface area contributed by atoms with Crippen molar-refractivity contribution in [1.29, 1.82) is 0 Å². The number of nitrogens with zero attached hydrogens (tertiary/aromatic N) is 1. The Balaban J connectivity index is 2.10. The molecule has 2 N–H and O–H groups in total. The molecule has 0 spiro atoms. The minimum atomic E-state index is -3.18. The van der Waals surface area contributed by atoms with Crippen LogP contribution in [0.15, 0.2) is 4.34 Å². The van der Waals surface area contributed by atoms with E-state index in [0.717, 1.165) is 0 Å². The third kappa shape index (κ3) is 3.68. The molecule has 0 aromatic carbocycles. The number of sulfone groups is 1. The predicted molar refractivity (Wildman–Crippen MR) is 72.5 cm³/mol. The number of aromatic nitrogens is 1. The van der Waals surface area contributed by atoms with Gasteiger partial charge < -0.3 is 10.2 Å². The number of aliphatic hydroxyl groups is 1. The number of aliphatic carboxylic acids is 1. The molecule has 0 saturated carbocycles. The molecule has 0 aliphatic carbocycles. The van der Waals surface area contributed by atoms with Crippen molar-refractivity contribution in [2.75, 3.05) is 11.5 Å². The van der Waals surface area contributed by atoms with Crippen LogP contribution >= 0.6 is 23.1 Å². The molecule has 2 atom stereocenters. The van der Waals surface area contributed by atoms with Crippen molar-refractivity contribution in [2.24, 2.45) is 0 Å². The summed E-state index contributed by atoms with van der Waals surface area (Å²) in [5, 5.41) is 18.0. The van der Waals surface area contributed by atoms with Crippen LogP contribution in [0.5, 0.6) is 0 Å². The topological polar surface area (TPSA) is 105 Å². The Morgan fingerprint density at radius 2 is 2.21 bits per heavy atom. The fourth-order valence-corrected chi connectivity index (χ4v) is 6.77. The summed E-state index contributed by atoms with van der Waals surface area (Å²) in [6, 6.07) is 0. The third-order valence-electron chi connectivity index (χ3n) is 2.71. The van der Waals surface area contributed by atoms with Gasteiger partial charge in [-0.15, -0.1) is 11.3 Å². The second kappa shape index (κ2) is 5.39. The van der Waals surface area contributed by atoms with Crippen LogP contribution in [0.4, 0.5) is 0 Å². The number of carboxylic acids is 1. The van der Waals surface area contributed by atoms with Gasteiger partial charge in [0.25, 0.3) is 0 Å². The third-order valence-corrected chi connectivity index (χ3v) is 7.20. The van der Waals surface area contributed by atoms with Gasteiger partial charge in [0, 0.05) is 4.88 Å². The number of aryl methyl sites for hydroxylation is 1. The zero-order chi connectivity index (χ0) is 14.2. The molecular weight excluding hydrogens is 310 g/mol. The number of aliphatic hydroxyl groups excluding tert-OH is 1. The lowest BCUT2D eigenvalue weighted by Gasteiger charge is -2.09. The highest BCUT2D eigenvalue weighted by atomic mass is 32.2. The quantitative estimate of drug-likeness (QED) is 0.822. The lowest BCUT2D eigenvalue weighted by Crippen LogP contribution is -2.19. The van der Waals surface area contributed by atoms with Crippen LogP contribution in [0.25, 0.3) is 0 Å². The molecule has 6 nitrogen and oxygen atoms in total. The molecule has 2 rings (SSSR count). The molecule has 19 heavy (non-hydrogen) atoms. The first-order valence-corrected chi connectivity index (χ1v) is 9.02. The number of hydrogen-bond acceptors (Lipinski definition) is 7. The molecular formula is C10H13NO5S3. The Morgan fingerprint density at radius 1 is 1.53 bits per heavy atom. The maximum Gasteiger partial charge on any atom is 0.308 e. The van der Waals surface area contributed by atoms with Crippen molar-refractivity contribution in [3.8, 4) is 0 Å². The van der Waals surface area contributed by atoms with Gasteiger partial charge in [-0.25, -0.2) is 13.4 Å². The largest absolute Gasteiger partial charge is 0.481 e.